The Morgan fingerprint density at radius 2 is 2.17 bits per heavy atom. The number of rotatable bonds is 6. The molecule has 1 heterocycles. The predicted octanol–water partition coefficient (Wildman–Crippen LogP) is 2.33. The smallest absolute Gasteiger partial charge is 0.234 e. The van der Waals surface area contributed by atoms with Crippen LogP contribution in [0.25, 0.3) is 0 Å². The summed E-state index contributed by atoms with van der Waals surface area (Å²) < 4.78 is 10.9. The van der Waals surface area contributed by atoms with Gasteiger partial charge in [-0.3, -0.25) is 0 Å². The van der Waals surface area contributed by atoms with E-state index in [2.05, 4.69) is 17.1 Å². The number of methoxy groups -OCH3 is 1. The summed E-state index contributed by atoms with van der Waals surface area (Å²) in [4.78, 5) is 4.54. The summed E-state index contributed by atoms with van der Waals surface area (Å²) in [7, 11) is 1.69. The molecule has 2 rings (SSSR count). The molecule has 0 saturated heterocycles. The second-order valence-corrected chi connectivity index (χ2v) is 5.16. The van der Waals surface area contributed by atoms with Gasteiger partial charge in [-0.05, 0) is 19.3 Å². The van der Waals surface area contributed by atoms with Crippen molar-refractivity contribution >= 4 is 0 Å². The molecule has 0 radical (unpaired) electrons. The van der Waals surface area contributed by atoms with Crippen molar-refractivity contribution in [2.75, 3.05) is 13.7 Å². The summed E-state index contributed by atoms with van der Waals surface area (Å²) >= 11 is 0. The van der Waals surface area contributed by atoms with Crippen molar-refractivity contribution in [1.82, 2.24) is 10.1 Å². The number of nitrogens with two attached hydrogens (primary N) is 1. The molecule has 0 aliphatic heterocycles. The Labute approximate surface area is 108 Å². The maximum atomic E-state index is 5.92. The highest BCUT2D eigenvalue weighted by Gasteiger charge is 2.40. The number of aromatic nitrogens is 2. The van der Waals surface area contributed by atoms with Gasteiger partial charge in [-0.15, -0.1) is 0 Å². The Morgan fingerprint density at radius 3 is 2.72 bits per heavy atom. The Balaban J connectivity index is 2.18. The van der Waals surface area contributed by atoms with E-state index in [1.807, 2.05) is 0 Å². The van der Waals surface area contributed by atoms with Crippen LogP contribution >= 0.6 is 0 Å². The second-order valence-electron chi connectivity index (χ2n) is 5.16. The molecule has 0 bridgehead atoms. The lowest BCUT2D eigenvalue weighted by Crippen LogP contribution is -2.32. The fourth-order valence-electron chi connectivity index (χ4n) is 2.75. The highest BCUT2D eigenvalue weighted by molar-refractivity contribution is 5.09. The van der Waals surface area contributed by atoms with Crippen molar-refractivity contribution in [3.05, 3.63) is 11.7 Å². The van der Waals surface area contributed by atoms with Crippen LogP contribution in [0.3, 0.4) is 0 Å². The molecule has 2 N–H and O–H groups in total. The van der Waals surface area contributed by atoms with E-state index in [1.54, 1.807) is 7.11 Å². The maximum absolute atomic E-state index is 5.92. The summed E-state index contributed by atoms with van der Waals surface area (Å²) in [5.41, 5.74) is 5.83. The van der Waals surface area contributed by atoms with Gasteiger partial charge in [-0.2, -0.15) is 4.98 Å². The van der Waals surface area contributed by atoms with E-state index in [1.165, 1.54) is 12.8 Å². The van der Waals surface area contributed by atoms with Crippen molar-refractivity contribution < 1.29 is 9.26 Å². The van der Waals surface area contributed by atoms with Gasteiger partial charge in [-0.25, -0.2) is 0 Å². The lowest BCUT2D eigenvalue weighted by atomic mass is 9.86. The average Bonchev–Trinajstić information content (AvgIpc) is 3.04. The summed E-state index contributed by atoms with van der Waals surface area (Å²) in [5, 5.41) is 4.08. The molecule has 0 aromatic carbocycles. The fourth-order valence-corrected chi connectivity index (χ4v) is 2.75. The minimum atomic E-state index is -0.0875. The SMILES string of the molecule is CCCC(OC)c1noc(C2(CN)CCCC2)n1. The summed E-state index contributed by atoms with van der Waals surface area (Å²) in [6, 6.07) is 0. The van der Waals surface area contributed by atoms with Gasteiger partial charge in [0.25, 0.3) is 0 Å². The van der Waals surface area contributed by atoms with Crippen LogP contribution in [0, 0.1) is 0 Å². The molecule has 0 spiro atoms. The molecule has 0 amide bonds. The van der Waals surface area contributed by atoms with E-state index in [0.29, 0.717) is 18.3 Å². The third-order valence-electron chi connectivity index (χ3n) is 3.97. The van der Waals surface area contributed by atoms with Crippen LogP contribution in [0.2, 0.25) is 0 Å². The average molecular weight is 253 g/mol. The predicted molar refractivity (Wildman–Crippen MR) is 68.2 cm³/mol. The van der Waals surface area contributed by atoms with E-state index in [-0.39, 0.29) is 11.5 Å². The van der Waals surface area contributed by atoms with Gasteiger partial charge in [0.05, 0.1) is 5.41 Å². The molecule has 1 aliphatic carbocycles. The van der Waals surface area contributed by atoms with Gasteiger partial charge in [0.1, 0.15) is 6.10 Å². The van der Waals surface area contributed by atoms with Crippen LogP contribution in [0.4, 0.5) is 0 Å². The van der Waals surface area contributed by atoms with Crippen LogP contribution in [-0.4, -0.2) is 23.8 Å². The molecule has 1 aromatic rings. The number of nitrogens with zero attached hydrogens (tertiary/aromatic N) is 2. The maximum Gasteiger partial charge on any atom is 0.234 e. The normalized spacial score (nSPS) is 20.2. The zero-order valence-electron chi connectivity index (χ0n) is 11.3. The first kappa shape index (κ1) is 13.5. The Morgan fingerprint density at radius 1 is 1.44 bits per heavy atom. The van der Waals surface area contributed by atoms with Crippen LogP contribution in [0.1, 0.15) is 63.3 Å². The Kier molecular flexibility index (Phi) is 4.35. The van der Waals surface area contributed by atoms with Crippen LogP contribution < -0.4 is 5.73 Å². The van der Waals surface area contributed by atoms with Gasteiger partial charge in [0.2, 0.25) is 11.7 Å². The molecule has 1 aliphatic rings. The number of hydrogen-bond acceptors (Lipinski definition) is 5. The first-order chi connectivity index (χ1) is 8.75. The van der Waals surface area contributed by atoms with E-state index in [0.717, 1.165) is 25.7 Å². The summed E-state index contributed by atoms with van der Waals surface area (Å²) in [5.74, 6) is 1.37. The molecular formula is C13H23N3O2. The zero-order valence-corrected chi connectivity index (χ0v) is 11.3. The van der Waals surface area contributed by atoms with Crippen molar-refractivity contribution in [3.8, 4) is 0 Å². The molecule has 1 saturated carbocycles. The first-order valence-corrected chi connectivity index (χ1v) is 6.82. The number of ether oxygens (including phenoxy) is 1. The minimum absolute atomic E-state index is 0.0660. The van der Waals surface area contributed by atoms with Crippen molar-refractivity contribution in [3.63, 3.8) is 0 Å². The van der Waals surface area contributed by atoms with E-state index in [4.69, 9.17) is 15.0 Å². The molecule has 102 valence electrons. The lowest BCUT2D eigenvalue weighted by molar-refractivity contribution is 0.0854. The van der Waals surface area contributed by atoms with Gasteiger partial charge in [-0.1, -0.05) is 31.3 Å². The van der Waals surface area contributed by atoms with Crippen molar-refractivity contribution in [2.24, 2.45) is 5.73 Å². The van der Waals surface area contributed by atoms with E-state index in [9.17, 15) is 0 Å². The standard InChI is InChI=1S/C13H23N3O2/c1-3-6-10(17-2)11-15-12(18-16-11)13(9-14)7-4-5-8-13/h10H,3-9,14H2,1-2H3. The molecule has 5 nitrogen and oxygen atoms in total. The molecular weight excluding hydrogens is 230 g/mol. The number of hydrogen-bond donors (Lipinski definition) is 1. The monoisotopic (exact) mass is 253 g/mol. The molecule has 1 atom stereocenters. The minimum Gasteiger partial charge on any atom is -0.373 e. The van der Waals surface area contributed by atoms with Crippen LogP contribution in [0.15, 0.2) is 4.52 Å². The second kappa shape index (κ2) is 5.80. The molecule has 5 heteroatoms. The van der Waals surface area contributed by atoms with Gasteiger partial charge in [0.15, 0.2) is 0 Å². The molecule has 1 fully saturated rings. The third-order valence-corrected chi connectivity index (χ3v) is 3.97. The van der Waals surface area contributed by atoms with E-state index < -0.39 is 0 Å². The third kappa shape index (κ3) is 2.42. The Bertz CT molecular complexity index is 372. The quantitative estimate of drug-likeness (QED) is 0.842. The van der Waals surface area contributed by atoms with Gasteiger partial charge >= 0.3 is 0 Å². The first-order valence-electron chi connectivity index (χ1n) is 6.82. The Hall–Kier alpha value is -0.940. The molecule has 1 unspecified atom stereocenters. The fraction of sp³-hybridized carbons (Fsp3) is 0.846. The van der Waals surface area contributed by atoms with Crippen molar-refractivity contribution in [2.45, 2.75) is 57.0 Å². The van der Waals surface area contributed by atoms with Crippen LogP contribution in [0.5, 0.6) is 0 Å². The summed E-state index contributed by atoms with van der Waals surface area (Å²) in [6.45, 7) is 2.70. The topological polar surface area (TPSA) is 74.2 Å². The van der Waals surface area contributed by atoms with Gasteiger partial charge in [0, 0.05) is 13.7 Å². The van der Waals surface area contributed by atoms with Crippen LogP contribution in [-0.2, 0) is 10.2 Å². The highest BCUT2D eigenvalue weighted by atomic mass is 16.5. The zero-order chi connectivity index (χ0) is 13.0. The summed E-state index contributed by atoms with van der Waals surface area (Å²) in [6.07, 6.45) is 6.36. The lowest BCUT2D eigenvalue weighted by Gasteiger charge is -2.21. The van der Waals surface area contributed by atoms with Crippen molar-refractivity contribution in [1.29, 1.82) is 0 Å². The van der Waals surface area contributed by atoms with Gasteiger partial charge < -0.3 is 15.0 Å². The largest absolute Gasteiger partial charge is 0.373 e. The molecule has 1 aromatic heterocycles. The molecule has 18 heavy (non-hydrogen) atoms. The van der Waals surface area contributed by atoms with E-state index >= 15 is 0 Å². The highest BCUT2D eigenvalue weighted by Crippen LogP contribution is 2.39.